The fourth-order valence-corrected chi connectivity index (χ4v) is 3.88. The highest BCUT2D eigenvalue weighted by Gasteiger charge is 2.15. The first-order valence-electron chi connectivity index (χ1n) is 8.42. The van der Waals surface area contributed by atoms with Gasteiger partial charge in [-0.15, -0.1) is 0 Å². The van der Waals surface area contributed by atoms with Gasteiger partial charge in [-0.1, -0.05) is 38.8 Å². The SMILES string of the molecule is CC[C@@H](CO)NC[C@@H](O)Cn1c2ccc(Br)cc2c2cc(Br)ccc21. The minimum Gasteiger partial charge on any atom is -0.395 e. The summed E-state index contributed by atoms with van der Waals surface area (Å²) < 4.78 is 4.24. The van der Waals surface area contributed by atoms with Gasteiger partial charge in [-0.2, -0.15) is 0 Å². The molecule has 0 radical (unpaired) electrons. The van der Waals surface area contributed by atoms with E-state index in [4.69, 9.17) is 0 Å². The molecule has 134 valence electrons. The van der Waals surface area contributed by atoms with Crippen LogP contribution < -0.4 is 5.32 Å². The molecular formula is C19H22Br2N2O2. The maximum absolute atomic E-state index is 10.5. The molecule has 0 bridgehead atoms. The van der Waals surface area contributed by atoms with Gasteiger partial charge in [0, 0.05) is 43.3 Å². The first-order valence-corrected chi connectivity index (χ1v) is 10.0. The molecule has 0 saturated carbocycles. The number of fused-ring (bicyclic) bond motifs is 3. The first kappa shape index (κ1) is 18.9. The molecule has 0 aliphatic carbocycles. The Morgan fingerprint density at radius 2 is 1.60 bits per heavy atom. The zero-order chi connectivity index (χ0) is 18.0. The summed E-state index contributed by atoms with van der Waals surface area (Å²) in [5.41, 5.74) is 2.20. The van der Waals surface area contributed by atoms with E-state index in [0.29, 0.717) is 13.1 Å². The van der Waals surface area contributed by atoms with Crippen LogP contribution in [0.15, 0.2) is 45.3 Å². The van der Waals surface area contributed by atoms with Gasteiger partial charge >= 0.3 is 0 Å². The van der Waals surface area contributed by atoms with Gasteiger partial charge in [0.05, 0.1) is 19.3 Å². The number of aliphatic hydroxyl groups excluding tert-OH is 2. The van der Waals surface area contributed by atoms with Crippen LogP contribution in [-0.4, -0.2) is 40.1 Å². The second-order valence-corrected chi connectivity index (χ2v) is 8.11. The molecule has 3 N–H and O–H groups in total. The third-order valence-electron chi connectivity index (χ3n) is 4.54. The topological polar surface area (TPSA) is 57.4 Å². The van der Waals surface area contributed by atoms with E-state index in [1.807, 2.05) is 19.1 Å². The van der Waals surface area contributed by atoms with Crippen LogP contribution in [0.1, 0.15) is 13.3 Å². The van der Waals surface area contributed by atoms with Crippen LogP contribution in [0.5, 0.6) is 0 Å². The highest BCUT2D eigenvalue weighted by atomic mass is 79.9. The van der Waals surface area contributed by atoms with Crippen LogP contribution in [0.4, 0.5) is 0 Å². The summed E-state index contributed by atoms with van der Waals surface area (Å²) in [6.45, 7) is 3.05. The van der Waals surface area contributed by atoms with Gasteiger partial charge in [0.2, 0.25) is 0 Å². The molecule has 0 unspecified atom stereocenters. The van der Waals surface area contributed by atoms with Crippen molar-refractivity contribution < 1.29 is 10.2 Å². The number of benzene rings is 2. The zero-order valence-corrected chi connectivity index (χ0v) is 17.2. The Hall–Kier alpha value is -0.920. The van der Waals surface area contributed by atoms with Crippen LogP contribution in [0.2, 0.25) is 0 Å². The predicted molar refractivity (Wildman–Crippen MR) is 110 cm³/mol. The van der Waals surface area contributed by atoms with Crippen LogP contribution in [0, 0.1) is 0 Å². The molecule has 1 heterocycles. The van der Waals surface area contributed by atoms with E-state index in [1.165, 1.54) is 0 Å². The smallest absolute Gasteiger partial charge is 0.0843 e. The number of aromatic nitrogens is 1. The molecule has 0 aliphatic heterocycles. The summed E-state index contributed by atoms with van der Waals surface area (Å²) in [6, 6.07) is 12.5. The highest BCUT2D eigenvalue weighted by Crippen LogP contribution is 2.33. The Morgan fingerprint density at radius 1 is 1.04 bits per heavy atom. The molecule has 3 rings (SSSR count). The summed E-state index contributed by atoms with van der Waals surface area (Å²) in [5, 5.41) is 25.3. The summed E-state index contributed by atoms with van der Waals surface area (Å²) >= 11 is 7.10. The Balaban J connectivity index is 1.94. The number of halogens is 2. The van der Waals surface area contributed by atoms with Crippen LogP contribution in [0.25, 0.3) is 21.8 Å². The molecule has 2 aromatic carbocycles. The number of nitrogens with zero attached hydrogens (tertiary/aromatic N) is 1. The molecule has 0 spiro atoms. The van der Waals surface area contributed by atoms with Gasteiger partial charge in [0.15, 0.2) is 0 Å². The molecule has 6 heteroatoms. The molecule has 1 aromatic heterocycles. The summed E-state index contributed by atoms with van der Waals surface area (Å²) in [4.78, 5) is 0. The van der Waals surface area contributed by atoms with Gasteiger partial charge < -0.3 is 20.1 Å². The summed E-state index contributed by atoms with van der Waals surface area (Å²) in [5.74, 6) is 0. The summed E-state index contributed by atoms with van der Waals surface area (Å²) in [6.07, 6.45) is 0.299. The Kier molecular flexibility index (Phi) is 6.17. The van der Waals surface area contributed by atoms with Gasteiger partial charge in [-0.05, 0) is 42.8 Å². The lowest BCUT2D eigenvalue weighted by Crippen LogP contribution is -2.38. The van der Waals surface area contributed by atoms with Gasteiger partial charge in [0.25, 0.3) is 0 Å². The largest absolute Gasteiger partial charge is 0.395 e. The van der Waals surface area contributed by atoms with Crippen molar-refractivity contribution in [1.29, 1.82) is 0 Å². The van der Waals surface area contributed by atoms with Crippen molar-refractivity contribution in [1.82, 2.24) is 9.88 Å². The van der Waals surface area contributed by atoms with Crippen molar-refractivity contribution in [3.05, 3.63) is 45.3 Å². The lowest BCUT2D eigenvalue weighted by Gasteiger charge is -2.19. The molecule has 0 aliphatic rings. The summed E-state index contributed by atoms with van der Waals surface area (Å²) in [7, 11) is 0. The average molecular weight is 470 g/mol. The molecule has 0 amide bonds. The monoisotopic (exact) mass is 468 g/mol. The van der Waals surface area contributed by atoms with Crippen LogP contribution in [0.3, 0.4) is 0 Å². The van der Waals surface area contributed by atoms with E-state index in [1.54, 1.807) is 0 Å². The van der Waals surface area contributed by atoms with Crippen LogP contribution in [-0.2, 0) is 6.54 Å². The van der Waals surface area contributed by atoms with Gasteiger partial charge in [-0.25, -0.2) is 0 Å². The number of hydrogen-bond acceptors (Lipinski definition) is 3. The van der Waals surface area contributed by atoms with E-state index < -0.39 is 6.10 Å². The molecule has 3 aromatic rings. The molecule has 4 nitrogen and oxygen atoms in total. The van der Waals surface area contributed by atoms with Crippen molar-refractivity contribution in [2.45, 2.75) is 32.0 Å². The maximum Gasteiger partial charge on any atom is 0.0843 e. The number of aliphatic hydroxyl groups is 2. The van der Waals surface area contributed by atoms with Crippen molar-refractivity contribution in [2.75, 3.05) is 13.2 Å². The van der Waals surface area contributed by atoms with Crippen molar-refractivity contribution in [3.63, 3.8) is 0 Å². The lowest BCUT2D eigenvalue weighted by molar-refractivity contribution is 0.141. The van der Waals surface area contributed by atoms with Crippen molar-refractivity contribution in [2.24, 2.45) is 0 Å². The van der Waals surface area contributed by atoms with Gasteiger partial charge in [0.1, 0.15) is 0 Å². The third-order valence-corrected chi connectivity index (χ3v) is 5.52. The van der Waals surface area contributed by atoms with Gasteiger partial charge in [-0.3, -0.25) is 0 Å². The normalized spacial score (nSPS) is 14.3. The molecule has 25 heavy (non-hydrogen) atoms. The molecule has 0 fully saturated rings. The number of rotatable bonds is 7. The Bertz CT molecular complexity index is 815. The lowest BCUT2D eigenvalue weighted by atomic mass is 10.2. The van der Waals surface area contributed by atoms with E-state index in [9.17, 15) is 10.2 Å². The fourth-order valence-electron chi connectivity index (χ4n) is 3.16. The van der Waals surface area contributed by atoms with E-state index in [2.05, 4.69) is 66.0 Å². The Labute approximate surface area is 164 Å². The molecular weight excluding hydrogens is 448 g/mol. The highest BCUT2D eigenvalue weighted by molar-refractivity contribution is 9.10. The minimum atomic E-state index is -0.535. The zero-order valence-electron chi connectivity index (χ0n) is 14.0. The van der Waals surface area contributed by atoms with Crippen molar-refractivity contribution in [3.8, 4) is 0 Å². The minimum absolute atomic E-state index is 0.0275. The second-order valence-electron chi connectivity index (χ2n) is 6.28. The Morgan fingerprint density at radius 3 is 2.08 bits per heavy atom. The second kappa shape index (κ2) is 8.18. The van der Waals surface area contributed by atoms with Crippen LogP contribution >= 0.6 is 31.9 Å². The maximum atomic E-state index is 10.5. The van der Waals surface area contributed by atoms with E-state index in [-0.39, 0.29) is 12.6 Å². The van der Waals surface area contributed by atoms with E-state index >= 15 is 0 Å². The molecule has 0 saturated heterocycles. The third kappa shape index (κ3) is 4.09. The first-order chi connectivity index (χ1) is 12.0. The van der Waals surface area contributed by atoms with E-state index in [0.717, 1.165) is 37.2 Å². The average Bonchev–Trinajstić information content (AvgIpc) is 2.88. The number of hydrogen-bond donors (Lipinski definition) is 3. The van der Waals surface area contributed by atoms with Crippen molar-refractivity contribution >= 4 is 53.7 Å². The number of nitrogens with one attached hydrogen (secondary N) is 1. The fraction of sp³-hybridized carbons (Fsp3) is 0.368. The predicted octanol–water partition coefficient (Wildman–Crippen LogP) is 4.04. The quantitative estimate of drug-likeness (QED) is 0.489. The molecule has 2 atom stereocenters. The standard InChI is InChI=1S/C19H22Br2N2O2/c1-2-14(11-24)22-9-15(25)10-23-18-5-3-12(20)7-16(18)17-8-13(21)4-6-19(17)23/h3-8,14-15,22,24-25H,2,9-11H2,1H3/t14-,15+/m0/s1.